The summed E-state index contributed by atoms with van der Waals surface area (Å²) < 4.78 is 5.40. The van der Waals surface area contributed by atoms with Crippen LogP contribution in [0.2, 0.25) is 0 Å². The highest BCUT2D eigenvalue weighted by Crippen LogP contribution is 2.23. The van der Waals surface area contributed by atoms with Crippen LogP contribution in [0, 0.1) is 0 Å². The maximum absolute atomic E-state index is 12.0. The van der Waals surface area contributed by atoms with Crippen LogP contribution in [0.4, 0.5) is 0 Å². The molecule has 0 radical (unpaired) electrons. The van der Waals surface area contributed by atoms with E-state index < -0.39 is 47.9 Å². The van der Waals surface area contributed by atoms with Crippen molar-refractivity contribution in [1.29, 1.82) is 0 Å². The Morgan fingerprint density at radius 2 is 1.84 bits per heavy atom. The lowest BCUT2D eigenvalue weighted by Crippen LogP contribution is -2.65. The van der Waals surface area contributed by atoms with E-state index in [2.05, 4.69) is 16.0 Å². The molecular weight excluding hydrogens is 422 g/mol. The molecule has 32 heavy (non-hydrogen) atoms. The van der Waals surface area contributed by atoms with Gasteiger partial charge in [-0.05, 0) is 44.9 Å². The number of unbranched alkanes of at least 4 members (excludes halogenated alkanes) is 1. The minimum atomic E-state index is -1.34. The van der Waals surface area contributed by atoms with Gasteiger partial charge in [0.1, 0.15) is 30.1 Å². The molecule has 0 spiro atoms. The molecule has 1 aliphatic heterocycles. The Kier molecular flexibility index (Phi) is 9.54. The monoisotopic (exact) mass is 453 g/mol. The number of ether oxygens (including phenoxy) is 1. The summed E-state index contributed by atoms with van der Waals surface area (Å²) in [6.45, 7) is 1.43. The largest absolute Gasteiger partial charge is 0.480 e. The topological polar surface area (TPSA) is 177 Å². The number of hydrogen-bond donors (Lipinski definition) is 7. The van der Waals surface area contributed by atoms with E-state index in [1.807, 2.05) is 0 Å². The Hall–Kier alpha value is -2.57. The van der Waals surface area contributed by atoms with Crippen LogP contribution in [0.25, 0.3) is 0 Å². The average molecular weight is 453 g/mol. The number of rotatable bonds is 11. The van der Waals surface area contributed by atoms with Crippen molar-refractivity contribution in [2.24, 2.45) is 0 Å². The van der Waals surface area contributed by atoms with Gasteiger partial charge in [0.25, 0.3) is 5.91 Å². The van der Waals surface area contributed by atoms with Crippen molar-refractivity contribution in [1.82, 2.24) is 16.0 Å². The predicted molar refractivity (Wildman–Crippen MR) is 113 cm³/mol. The molecule has 0 bridgehead atoms. The average Bonchev–Trinajstić information content (AvgIpc) is 2.78. The fourth-order valence-electron chi connectivity index (χ4n) is 3.30. The third-order valence-electron chi connectivity index (χ3n) is 5.31. The number of benzene rings is 1. The van der Waals surface area contributed by atoms with Crippen LogP contribution in [0.15, 0.2) is 30.3 Å². The number of aliphatic carboxylic acids is 1. The normalized spacial score (nSPS) is 26.2. The summed E-state index contributed by atoms with van der Waals surface area (Å²) in [5.74, 6) is -2.23. The van der Waals surface area contributed by atoms with Crippen LogP contribution < -0.4 is 16.0 Å². The van der Waals surface area contributed by atoms with Crippen LogP contribution in [0.1, 0.15) is 36.5 Å². The van der Waals surface area contributed by atoms with Gasteiger partial charge in [-0.15, -0.1) is 0 Å². The van der Waals surface area contributed by atoms with Gasteiger partial charge in [0.2, 0.25) is 5.91 Å². The van der Waals surface area contributed by atoms with E-state index in [9.17, 15) is 34.8 Å². The minimum Gasteiger partial charge on any atom is -0.480 e. The van der Waals surface area contributed by atoms with Crippen molar-refractivity contribution in [2.45, 2.75) is 56.3 Å². The molecule has 5 atom stereocenters. The van der Waals surface area contributed by atoms with Crippen molar-refractivity contribution in [2.75, 3.05) is 19.7 Å². The lowest BCUT2D eigenvalue weighted by atomic mass is 9.95. The van der Waals surface area contributed by atoms with Gasteiger partial charge in [0, 0.05) is 5.56 Å². The van der Waals surface area contributed by atoms with E-state index in [0.717, 1.165) is 0 Å². The standard InChI is InChI=1S/C21H31N3O8/c1-21(18(28)17(27)15(25)12-32-21)23-10-6-5-9-14(20(30)31)24-16(26)11-22-19(29)13-7-3-2-4-8-13/h2-4,7-8,14-15,17-18,23,25,27-28H,5-6,9-12H2,1H3,(H,22,29)(H,24,26)(H,30,31)/t14-,15+,17+,18-,21+/m0/s1. The molecule has 1 saturated heterocycles. The van der Waals surface area contributed by atoms with Gasteiger partial charge in [-0.25, -0.2) is 4.79 Å². The number of nitrogens with one attached hydrogen (secondary N) is 3. The molecule has 1 aliphatic rings. The second-order valence-electron chi connectivity index (χ2n) is 7.85. The smallest absolute Gasteiger partial charge is 0.326 e. The third kappa shape index (κ3) is 7.24. The second-order valence-corrected chi connectivity index (χ2v) is 7.85. The highest BCUT2D eigenvalue weighted by atomic mass is 16.5. The van der Waals surface area contributed by atoms with Gasteiger partial charge < -0.3 is 35.8 Å². The van der Waals surface area contributed by atoms with Crippen molar-refractivity contribution in [3.8, 4) is 0 Å². The summed E-state index contributed by atoms with van der Waals surface area (Å²) in [4.78, 5) is 35.4. The van der Waals surface area contributed by atoms with Gasteiger partial charge in [-0.3, -0.25) is 14.9 Å². The Balaban J connectivity index is 1.70. The van der Waals surface area contributed by atoms with E-state index >= 15 is 0 Å². The van der Waals surface area contributed by atoms with Crippen LogP contribution >= 0.6 is 0 Å². The number of carboxylic acids is 1. The minimum absolute atomic E-state index is 0.129. The van der Waals surface area contributed by atoms with E-state index in [-0.39, 0.29) is 19.6 Å². The summed E-state index contributed by atoms with van der Waals surface area (Å²) in [6.07, 6.45) is -2.72. The Labute approximate surface area is 185 Å². The molecule has 1 heterocycles. The highest BCUT2D eigenvalue weighted by Gasteiger charge is 2.45. The van der Waals surface area contributed by atoms with E-state index in [4.69, 9.17) is 4.74 Å². The zero-order valence-corrected chi connectivity index (χ0v) is 17.9. The fourth-order valence-corrected chi connectivity index (χ4v) is 3.30. The molecule has 1 aromatic carbocycles. The number of hydrogen-bond acceptors (Lipinski definition) is 8. The molecule has 2 rings (SSSR count). The molecule has 11 nitrogen and oxygen atoms in total. The lowest BCUT2D eigenvalue weighted by Gasteiger charge is -2.43. The van der Waals surface area contributed by atoms with Gasteiger partial charge in [0.15, 0.2) is 0 Å². The molecule has 1 fully saturated rings. The maximum atomic E-state index is 12.0. The molecule has 11 heteroatoms. The molecule has 7 N–H and O–H groups in total. The number of aliphatic hydroxyl groups excluding tert-OH is 3. The van der Waals surface area contributed by atoms with Crippen LogP contribution in [-0.2, 0) is 14.3 Å². The summed E-state index contributed by atoms with van der Waals surface area (Å²) >= 11 is 0. The molecule has 0 saturated carbocycles. The zero-order valence-electron chi connectivity index (χ0n) is 17.9. The zero-order chi connectivity index (χ0) is 23.7. The first-order valence-corrected chi connectivity index (χ1v) is 10.4. The molecule has 0 aromatic heterocycles. The van der Waals surface area contributed by atoms with Crippen molar-refractivity contribution in [3.05, 3.63) is 35.9 Å². The van der Waals surface area contributed by atoms with Crippen molar-refractivity contribution in [3.63, 3.8) is 0 Å². The molecule has 1 aromatic rings. The first-order chi connectivity index (χ1) is 15.1. The van der Waals surface area contributed by atoms with Crippen LogP contribution in [0.3, 0.4) is 0 Å². The van der Waals surface area contributed by atoms with Gasteiger partial charge >= 0.3 is 5.97 Å². The van der Waals surface area contributed by atoms with Gasteiger partial charge in [-0.2, -0.15) is 0 Å². The molecule has 178 valence electrons. The number of carboxylic acid groups (broad SMARTS) is 1. The Morgan fingerprint density at radius 3 is 2.50 bits per heavy atom. The second kappa shape index (κ2) is 11.9. The van der Waals surface area contributed by atoms with Crippen LogP contribution in [0.5, 0.6) is 0 Å². The summed E-state index contributed by atoms with van der Waals surface area (Å²) in [5.41, 5.74) is -0.846. The van der Waals surface area contributed by atoms with E-state index in [0.29, 0.717) is 24.9 Å². The van der Waals surface area contributed by atoms with Gasteiger partial charge in [-0.1, -0.05) is 18.2 Å². The first-order valence-electron chi connectivity index (χ1n) is 10.4. The molecule has 0 unspecified atom stereocenters. The summed E-state index contributed by atoms with van der Waals surface area (Å²) in [7, 11) is 0. The van der Waals surface area contributed by atoms with Gasteiger partial charge in [0.05, 0.1) is 13.2 Å². The Morgan fingerprint density at radius 1 is 1.16 bits per heavy atom. The first kappa shape index (κ1) is 25.7. The lowest BCUT2D eigenvalue weighted by molar-refractivity contribution is -0.240. The van der Waals surface area contributed by atoms with E-state index in [1.54, 1.807) is 37.3 Å². The van der Waals surface area contributed by atoms with E-state index in [1.165, 1.54) is 0 Å². The SMILES string of the molecule is C[C@@]1(NCCCC[C@H](NC(=O)CNC(=O)c2ccccc2)C(=O)O)OC[C@@H](O)[C@@H](O)[C@@H]1O. The third-order valence-corrected chi connectivity index (χ3v) is 5.31. The fraction of sp³-hybridized carbons (Fsp3) is 0.571. The summed E-state index contributed by atoms with van der Waals surface area (Å²) in [6, 6.07) is 7.23. The quantitative estimate of drug-likeness (QED) is 0.198. The van der Waals surface area contributed by atoms with Crippen molar-refractivity contribution >= 4 is 17.8 Å². The predicted octanol–water partition coefficient (Wildman–Crippen LogP) is -1.43. The van der Waals surface area contributed by atoms with Crippen molar-refractivity contribution < 1.29 is 39.5 Å². The Bertz CT molecular complexity index is 778. The van der Waals surface area contributed by atoms with Crippen LogP contribution in [-0.4, -0.2) is 88.0 Å². The number of carbonyl (C=O) groups excluding carboxylic acids is 2. The number of amides is 2. The highest BCUT2D eigenvalue weighted by molar-refractivity contribution is 5.96. The molecule has 0 aliphatic carbocycles. The maximum Gasteiger partial charge on any atom is 0.326 e. The number of aliphatic hydroxyl groups is 3. The molecular formula is C21H31N3O8. The number of carbonyl (C=O) groups is 3. The molecule has 2 amide bonds. The summed E-state index contributed by atoms with van der Waals surface area (Å²) in [5, 5.41) is 46.6.